The minimum atomic E-state index is -0.747. The van der Waals surface area contributed by atoms with E-state index >= 15 is 0 Å². The molecule has 0 spiro atoms. The van der Waals surface area contributed by atoms with Gasteiger partial charge in [-0.05, 0) is 43.4 Å². The number of nitrogens with one attached hydrogen (secondary N) is 1. The molecule has 0 aliphatic heterocycles. The molecule has 18 heavy (non-hydrogen) atoms. The highest BCUT2D eigenvalue weighted by Crippen LogP contribution is 2.03. The largest absolute Gasteiger partial charge is 0.480 e. The smallest absolute Gasteiger partial charge is 0.320 e. The molecule has 1 rings (SSSR count). The van der Waals surface area contributed by atoms with Crippen molar-refractivity contribution >= 4 is 17.7 Å². The number of carboxylic acid groups (broad SMARTS) is 1. The fourth-order valence-electron chi connectivity index (χ4n) is 1.76. The van der Waals surface area contributed by atoms with Crippen molar-refractivity contribution in [3.8, 4) is 0 Å². The van der Waals surface area contributed by atoms with Crippen molar-refractivity contribution in [3.05, 3.63) is 35.9 Å². The molecule has 0 radical (unpaired) electrons. The predicted molar refractivity (Wildman–Crippen MR) is 77.2 cm³/mol. The molecule has 0 aliphatic carbocycles. The van der Waals surface area contributed by atoms with E-state index in [4.69, 9.17) is 5.11 Å². The lowest BCUT2D eigenvalue weighted by atomic mass is 10.1. The molecule has 2 N–H and O–H groups in total. The monoisotopic (exact) mass is 267 g/mol. The van der Waals surface area contributed by atoms with E-state index in [1.165, 1.54) is 5.56 Å². The Morgan fingerprint density at radius 1 is 1.39 bits per heavy atom. The van der Waals surface area contributed by atoms with Crippen LogP contribution in [0.5, 0.6) is 0 Å². The van der Waals surface area contributed by atoms with Crippen LogP contribution in [0.15, 0.2) is 30.3 Å². The molecule has 0 aliphatic rings. The molecule has 3 nitrogen and oxygen atoms in total. The number of carboxylic acids is 1. The molecule has 100 valence electrons. The SMILES string of the molecule is CSCCC(NCCCc1ccccc1)C(=O)O. The molecule has 4 heteroatoms. The van der Waals surface area contributed by atoms with Crippen LogP contribution in [0.2, 0.25) is 0 Å². The molecule has 0 heterocycles. The summed E-state index contributed by atoms with van der Waals surface area (Å²) >= 11 is 1.68. The Labute approximate surface area is 113 Å². The second-order valence-corrected chi connectivity index (χ2v) is 5.20. The van der Waals surface area contributed by atoms with Crippen LogP contribution >= 0.6 is 11.8 Å². The number of benzene rings is 1. The molecule has 0 saturated carbocycles. The molecule has 1 atom stereocenters. The second kappa shape index (κ2) is 9.00. The summed E-state index contributed by atoms with van der Waals surface area (Å²) < 4.78 is 0. The van der Waals surface area contributed by atoms with Crippen LogP contribution in [-0.4, -0.2) is 35.7 Å². The summed E-state index contributed by atoms with van der Waals surface area (Å²) in [7, 11) is 0. The second-order valence-electron chi connectivity index (χ2n) is 4.22. The fraction of sp³-hybridized carbons (Fsp3) is 0.500. The maximum atomic E-state index is 11.0. The number of hydrogen-bond donors (Lipinski definition) is 2. The van der Waals surface area contributed by atoms with E-state index in [9.17, 15) is 4.79 Å². The standard InChI is InChI=1S/C14H21NO2S/c1-18-11-9-13(14(16)17)15-10-5-8-12-6-3-2-4-7-12/h2-4,6-7,13,15H,5,8-11H2,1H3,(H,16,17). The van der Waals surface area contributed by atoms with Gasteiger partial charge < -0.3 is 10.4 Å². The van der Waals surface area contributed by atoms with Crippen molar-refractivity contribution in [2.75, 3.05) is 18.6 Å². The van der Waals surface area contributed by atoms with Crippen LogP contribution in [0.3, 0.4) is 0 Å². The predicted octanol–water partition coefficient (Wildman–Crippen LogP) is 2.42. The van der Waals surface area contributed by atoms with Gasteiger partial charge in [-0.25, -0.2) is 0 Å². The van der Waals surface area contributed by atoms with E-state index in [0.29, 0.717) is 6.42 Å². The summed E-state index contributed by atoms with van der Waals surface area (Å²) in [6.07, 6.45) is 4.63. The zero-order valence-corrected chi connectivity index (χ0v) is 11.6. The Balaban J connectivity index is 2.20. The fourth-order valence-corrected chi connectivity index (χ4v) is 2.23. The quantitative estimate of drug-likeness (QED) is 0.675. The number of carbonyl (C=O) groups is 1. The lowest BCUT2D eigenvalue weighted by molar-refractivity contribution is -0.139. The molecule has 0 fully saturated rings. The Hall–Kier alpha value is -1.00. The molecular weight excluding hydrogens is 246 g/mol. The molecule has 1 unspecified atom stereocenters. The third kappa shape index (κ3) is 6.07. The minimum absolute atomic E-state index is 0.409. The maximum absolute atomic E-state index is 11.0. The third-order valence-electron chi connectivity index (χ3n) is 2.78. The van der Waals surface area contributed by atoms with Gasteiger partial charge in [-0.2, -0.15) is 11.8 Å². The van der Waals surface area contributed by atoms with Crippen LogP contribution in [0, 0.1) is 0 Å². The van der Waals surface area contributed by atoms with Crippen molar-refractivity contribution in [2.45, 2.75) is 25.3 Å². The highest BCUT2D eigenvalue weighted by molar-refractivity contribution is 7.98. The van der Waals surface area contributed by atoms with Gasteiger partial charge in [-0.3, -0.25) is 4.79 Å². The summed E-state index contributed by atoms with van der Waals surface area (Å²) in [6, 6.07) is 9.85. The molecule has 1 aromatic rings. The Morgan fingerprint density at radius 2 is 2.11 bits per heavy atom. The summed E-state index contributed by atoms with van der Waals surface area (Å²) in [5.41, 5.74) is 1.30. The molecular formula is C14H21NO2S. The van der Waals surface area contributed by atoms with Gasteiger partial charge in [0.05, 0.1) is 0 Å². The summed E-state index contributed by atoms with van der Waals surface area (Å²) in [4.78, 5) is 11.0. The Kier molecular flexibility index (Phi) is 7.53. The van der Waals surface area contributed by atoms with Gasteiger partial charge in [0.25, 0.3) is 0 Å². The number of aliphatic carboxylic acids is 1. The third-order valence-corrected chi connectivity index (χ3v) is 3.43. The van der Waals surface area contributed by atoms with E-state index in [-0.39, 0.29) is 0 Å². The first-order valence-corrected chi connectivity index (χ1v) is 7.62. The van der Waals surface area contributed by atoms with Gasteiger partial charge >= 0.3 is 5.97 Å². The van der Waals surface area contributed by atoms with Gasteiger partial charge in [-0.15, -0.1) is 0 Å². The van der Waals surface area contributed by atoms with Crippen molar-refractivity contribution in [1.82, 2.24) is 5.32 Å². The van der Waals surface area contributed by atoms with Crippen LogP contribution in [0.1, 0.15) is 18.4 Å². The molecule has 0 amide bonds. The number of thioether (sulfide) groups is 1. The molecule has 0 bridgehead atoms. The zero-order chi connectivity index (χ0) is 13.2. The first-order chi connectivity index (χ1) is 8.74. The first-order valence-electron chi connectivity index (χ1n) is 6.23. The van der Waals surface area contributed by atoms with E-state index in [1.54, 1.807) is 11.8 Å². The van der Waals surface area contributed by atoms with E-state index in [2.05, 4.69) is 17.4 Å². The van der Waals surface area contributed by atoms with Crippen LogP contribution in [0.25, 0.3) is 0 Å². The van der Waals surface area contributed by atoms with Gasteiger partial charge in [0.15, 0.2) is 0 Å². The van der Waals surface area contributed by atoms with Crippen LogP contribution in [-0.2, 0) is 11.2 Å². The molecule has 0 saturated heterocycles. The van der Waals surface area contributed by atoms with Crippen molar-refractivity contribution in [2.24, 2.45) is 0 Å². The average molecular weight is 267 g/mol. The van der Waals surface area contributed by atoms with Crippen molar-refractivity contribution in [1.29, 1.82) is 0 Å². The Bertz CT molecular complexity index is 343. The van der Waals surface area contributed by atoms with Gasteiger partial charge in [-0.1, -0.05) is 30.3 Å². The number of aryl methyl sites for hydroxylation is 1. The van der Waals surface area contributed by atoms with Gasteiger partial charge in [0, 0.05) is 0 Å². The summed E-state index contributed by atoms with van der Waals surface area (Å²) in [6.45, 7) is 0.750. The van der Waals surface area contributed by atoms with E-state index in [1.807, 2.05) is 24.5 Å². The van der Waals surface area contributed by atoms with Crippen LogP contribution < -0.4 is 5.32 Å². The highest BCUT2D eigenvalue weighted by atomic mass is 32.2. The average Bonchev–Trinajstić information content (AvgIpc) is 2.38. The lowest BCUT2D eigenvalue weighted by Crippen LogP contribution is -2.37. The normalized spacial score (nSPS) is 12.3. The topological polar surface area (TPSA) is 49.3 Å². The van der Waals surface area contributed by atoms with Gasteiger partial charge in [0.2, 0.25) is 0 Å². The van der Waals surface area contributed by atoms with Crippen molar-refractivity contribution < 1.29 is 9.90 Å². The maximum Gasteiger partial charge on any atom is 0.320 e. The number of rotatable bonds is 9. The minimum Gasteiger partial charge on any atom is -0.480 e. The Morgan fingerprint density at radius 3 is 2.72 bits per heavy atom. The lowest BCUT2D eigenvalue weighted by Gasteiger charge is -2.13. The summed E-state index contributed by atoms with van der Waals surface area (Å²) in [5.74, 6) is 0.131. The molecule has 0 aromatic heterocycles. The zero-order valence-electron chi connectivity index (χ0n) is 10.8. The summed E-state index contributed by atoms with van der Waals surface area (Å²) in [5, 5.41) is 12.2. The highest BCUT2D eigenvalue weighted by Gasteiger charge is 2.15. The first kappa shape index (κ1) is 15.1. The molecule has 1 aromatic carbocycles. The van der Waals surface area contributed by atoms with E-state index < -0.39 is 12.0 Å². The van der Waals surface area contributed by atoms with E-state index in [0.717, 1.165) is 25.1 Å². The number of hydrogen-bond acceptors (Lipinski definition) is 3. The van der Waals surface area contributed by atoms with Gasteiger partial charge in [0.1, 0.15) is 6.04 Å². The van der Waals surface area contributed by atoms with Crippen LogP contribution in [0.4, 0.5) is 0 Å². The van der Waals surface area contributed by atoms with Crippen molar-refractivity contribution in [3.63, 3.8) is 0 Å².